The van der Waals surface area contributed by atoms with Crippen LogP contribution in [0, 0.1) is 5.82 Å². The normalized spacial score (nSPS) is 21.8. The molecule has 194 valence electrons. The number of pyridine rings is 1. The zero-order valence-corrected chi connectivity index (χ0v) is 19.8. The fourth-order valence-corrected chi connectivity index (χ4v) is 5.02. The Labute approximate surface area is 209 Å². The molecule has 37 heavy (non-hydrogen) atoms. The summed E-state index contributed by atoms with van der Waals surface area (Å²) in [4.78, 5) is 20.6. The first-order valence-corrected chi connectivity index (χ1v) is 11.9. The Balaban J connectivity index is 1.44. The first-order valence-electron chi connectivity index (χ1n) is 11.9. The lowest BCUT2D eigenvalue weighted by Gasteiger charge is -2.31. The van der Waals surface area contributed by atoms with Crippen LogP contribution in [-0.2, 0) is 11.2 Å². The van der Waals surface area contributed by atoms with E-state index in [0.29, 0.717) is 58.4 Å². The molecule has 1 saturated heterocycles. The van der Waals surface area contributed by atoms with Gasteiger partial charge in [0.25, 0.3) is 11.8 Å². The Morgan fingerprint density at radius 1 is 1.22 bits per heavy atom. The zero-order chi connectivity index (χ0) is 25.7. The number of fused-ring (bicyclic) bond motifs is 2. The molecule has 0 saturated carbocycles. The molecule has 2 aromatic heterocycles. The van der Waals surface area contributed by atoms with Gasteiger partial charge in [-0.05, 0) is 18.2 Å². The average molecular weight is 515 g/mol. The van der Waals surface area contributed by atoms with Crippen LogP contribution in [0.1, 0.15) is 22.5 Å². The van der Waals surface area contributed by atoms with Crippen molar-refractivity contribution in [1.29, 1.82) is 0 Å². The average Bonchev–Trinajstić information content (AvgIpc) is 3.44. The third-order valence-corrected chi connectivity index (χ3v) is 6.73. The van der Waals surface area contributed by atoms with Gasteiger partial charge < -0.3 is 35.1 Å². The maximum absolute atomic E-state index is 14.4. The summed E-state index contributed by atoms with van der Waals surface area (Å²) in [6.45, 7) is 0.0576. The van der Waals surface area contributed by atoms with Gasteiger partial charge in [-0.15, -0.1) is 0 Å². The van der Waals surface area contributed by atoms with Crippen LogP contribution in [0.25, 0.3) is 11.3 Å². The fourth-order valence-electron chi connectivity index (χ4n) is 5.02. The number of H-pyrrole nitrogens is 1. The second kappa shape index (κ2) is 8.87. The van der Waals surface area contributed by atoms with Crippen molar-refractivity contribution in [2.75, 3.05) is 37.4 Å². The number of benzene rings is 1. The van der Waals surface area contributed by atoms with Crippen molar-refractivity contribution in [2.24, 2.45) is 0 Å². The number of methoxy groups -OCH3 is 1. The monoisotopic (exact) mass is 515 g/mol. The van der Waals surface area contributed by atoms with Crippen LogP contribution in [0.3, 0.4) is 0 Å². The molecule has 4 N–H and O–H groups in total. The second-order valence-corrected chi connectivity index (χ2v) is 9.16. The van der Waals surface area contributed by atoms with Gasteiger partial charge in [-0.3, -0.25) is 4.79 Å². The van der Waals surface area contributed by atoms with E-state index in [2.05, 4.69) is 25.9 Å². The number of nitrogens with zero attached hydrogens (tertiary/aromatic N) is 1. The highest BCUT2D eigenvalue weighted by Gasteiger charge is 2.46. The van der Waals surface area contributed by atoms with Gasteiger partial charge in [0, 0.05) is 36.8 Å². The number of rotatable bonds is 5. The van der Waals surface area contributed by atoms with Crippen LogP contribution in [0.2, 0.25) is 0 Å². The highest BCUT2D eigenvalue weighted by molar-refractivity contribution is 6.07. The summed E-state index contributed by atoms with van der Waals surface area (Å²) in [5, 5.41) is 9.16. The Hall–Kier alpha value is -3.93. The fraction of sp³-hybridized carbons (Fsp3) is 0.360. The van der Waals surface area contributed by atoms with E-state index in [-0.39, 0.29) is 18.2 Å². The topological polar surface area (TPSA) is 110 Å². The number of ether oxygens (including phenoxy) is 3. The lowest BCUT2D eigenvalue weighted by atomic mass is 10.0. The molecule has 3 aliphatic heterocycles. The minimum absolute atomic E-state index is 0.00586. The molecule has 12 heteroatoms. The summed E-state index contributed by atoms with van der Waals surface area (Å²) in [5.74, 6) is -2.99. The summed E-state index contributed by atoms with van der Waals surface area (Å²) in [5.41, 5.74) is 2.86. The molecule has 1 aromatic carbocycles. The molecule has 0 aliphatic carbocycles. The standard InChI is InChI=1S/C25H24F3N5O4/c1-35-22-13(26)3-2-4-15(22)33-20-18-14(6-8-30-24(18)34)32-19(20)12-5-7-29-23-21(12)37-17(10-31-23)16-9-25(27,28)11-36-16/h2-5,7,16-17,32-33H,6,8-11H2,1H3,(H,29,31)(H,30,34). The third kappa shape index (κ3) is 4.10. The van der Waals surface area contributed by atoms with Crippen LogP contribution in [-0.4, -0.2) is 60.8 Å². The van der Waals surface area contributed by atoms with Crippen LogP contribution < -0.4 is 25.4 Å². The molecule has 6 rings (SSSR count). The van der Waals surface area contributed by atoms with Gasteiger partial charge in [0.2, 0.25) is 0 Å². The molecule has 0 spiro atoms. The Bertz CT molecular complexity index is 1380. The van der Waals surface area contributed by atoms with Gasteiger partial charge in [-0.1, -0.05) is 6.07 Å². The number of hydrogen-bond donors (Lipinski definition) is 4. The maximum atomic E-state index is 14.4. The lowest BCUT2D eigenvalue weighted by Crippen LogP contribution is -2.41. The largest absolute Gasteiger partial charge is 0.492 e. The molecule has 0 radical (unpaired) electrons. The van der Waals surface area contributed by atoms with E-state index >= 15 is 0 Å². The molecule has 3 aromatic rings. The Morgan fingerprint density at radius 3 is 2.86 bits per heavy atom. The summed E-state index contributed by atoms with van der Waals surface area (Å²) < 4.78 is 58.8. The lowest BCUT2D eigenvalue weighted by molar-refractivity contribution is -0.0178. The Kier molecular flexibility index (Phi) is 5.63. The predicted octanol–water partition coefficient (Wildman–Crippen LogP) is 3.85. The number of aromatic nitrogens is 2. The van der Waals surface area contributed by atoms with Gasteiger partial charge >= 0.3 is 0 Å². The van der Waals surface area contributed by atoms with E-state index < -0.39 is 37.0 Å². The SMILES string of the molecule is COc1c(F)cccc1Nc1c(-c2ccnc3c2OC(C2CC(F)(F)CO2)CN3)[nH]c2c1C(=O)NCC2. The molecular weight excluding hydrogens is 491 g/mol. The van der Waals surface area contributed by atoms with Crippen molar-refractivity contribution in [3.05, 3.63) is 47.5 Å². The van der Waals surface area contributed by atoms with Crippen LogP contribution in [0.4, 0.5) is 30.4 Å². The molecule has 9 nitrogen and oxygen atoms in total. The van der Waals surface area contributed by atoms with Crippen LogP contribution in [0.5, 0.6) is 11.5 Å². The van der Waals surface area contributed by atoms with Gasteiger partial charge in [-0.25, -0.2) is 18.2 Å². The van der Waals surface area contributed by atoms with Gasteiger partial charge in [0.15, 0.2) is 23.1 Å². The predicted molar refractivity (Wildman–Crippen MR) is 129 cm³/mol. The van der Waals surface area contributed by atoms with E-state index in [1.54, 1.807) is 18.3 Å². The summed E-state index contributed by atoms with van der Waals surface area (Å²) in [7, 11) is 1.36. The zero-order valence-electron chi connectivity index (χ0n) is 19.8. The highest BCUT2D eigenvalue weighted by Crippen LogP contribution is 2.45. The van der Waals surface area contributed by atoms with Crippen LogP contribution in [0.15, 0.2) is 30.5 Å². The molecular formula is C25H24F3N5O4. The molecule has 2 unspecified atom stereocenters. The van der Waals surface area contributed by atoms with Gasteiger partial charge in [-0.2, -0.15) is 0 Å². The molecule has 5 heterocycles. The smallest absolute Gasteiger partial charge is 0.273 e. The number of hydrogen-bond acceptors (Lipinski definition) is 7. The maximum Gasteiger partial charge on any atom is 0.273 e. The van der Waals surface area contributed by atoms with E-state index in [0.717, 1.165) is 0 Å². The molecule has 0 bridgehead atoms. The minimum atomic E-state index is -2.90. The number of carbonyl (C=O) groups excluding carboxylic acids is 1. The summed E-state index contributed by atoms with van der Waals surface area (Å²) >= 11 is 0. The van der Waals surface area contributed by atoms with Crippen molar-refractivity contribution in [3.63, 3.8) is 0 Å². The number of amides is 1. The molecule has 1 amide bonds. The van der Waals surface area contributed by atoms with Crippen LogP contribution >= 0.6 is 0 Å². The molecule has 2 atom stereocenters. The van der Waals surface area contributed by atoms with Crippen molar-refractivity contribution in [3.8, 4) is 22.8 Å². The summed E-state index contributed by atoms with van der Waals surface area (Å²) in [6, 6.07) is 6.15. The third-order valence-electron chi connectivity index (χ3n) is 6.73. The summed E-state index contributed by atoms with van der Waals surface area (Å²) in [6.07, 6.45) is 0.234. The molecule has 1 fully saturated rings. The van der Waals surface area contributed by atoms with E-state index in [4.69, 9.17) is 14.2 Å². The number of carbonyl (C=O) groups is 1. The van der Waals surface area contributed by atoms with E-state index in [1.807, 2.05) is 0 Å². The number of anilines is 3. The number of alkyl halides is 2. The highest BCUT2D eigenvalue weighted by atomic mass is 19.3. The quantitative estimate of drug-likeness (QED) is 0.409. The number of aromatic amines is 1. The Morgan fingerprint density at radius 2 is 2.08 bits per heavy atom. The number of nitrogens with one attached hydrogen (secondary N) is 4. The first-order chi connectivity index (χ1) is 17.8. The first kappa shape index (κ1) is 23.5. The van der Waals surface area contributed by atoms with Crippen molar-refractivity contribution in [1.82, 2.24) is 15.3 Å². The van der Waals surface area contributed by atoms with Crippen molar-refractivity contribution in [2.45, 2.75) is 31.0 Å². The van der Waals surface area contributed by atoms with Gasteiger partial charge in [0.1, 0.15) is 18.8 Å². The van der Waals surface area contributed by atoms with Crippen molar-refractivity contribution < 1.29 is 32.2 Å². The number of para-hydroxylation sites is 1. The number of halogens is 3. The van der Waals surface area contributed by atoms with E-state index in [9.17, 15) is 18.0 Å². The van der Waals surface area contributed by atoms with Crippen molar-refractivity contribution >= 4 is 23.1 Å². The molecule has 3 aliphatic rings. The minimum Gasteiger partial charge on any atom is -0.492 e. The van der Waals surface area contributed by atoms with Gasteiger partial charge in [0.05, 0.1) is 36.3 Å². The van der Waals surface area contributed by atoms with E-state index in [1.165, 1.54) is 19.2 Å². The second-order valence-electron chi connectivity index (χ2n) is 9.16.